The predicted octanol–water partition coefficient (Wildman–Crippen LogP) is 6.24. The minimum Gasteiger partial charge on any atom is -0.497 e. The van der Waals surface area contributed by atoms with Crippen molar-refractivity contribution in [3.63, 3.8) is 0 Å². The first-order valence-corrected chi connectivity index (χ1v) is 11.1. The van der Waals surface area contributed by atoms with E-state index in [9.17, 15) is 4.79 Å². The minimum absolute atomic E-state index is 0.136. The van der Waals surface area contributed by atoms with Crippen LogP contribution in [0.4, 0.5) is 10.5 Å². The number of nitrogens with zero attached hydrogens (tertiary/aromatic N) is 2. The van der Waals surface area contributed by atoms with Gasteiger partial charge in [0.25, 0.3) is 0 Å². The molecule has 2 amide bonds. The zero-order chi connectivity index (χ0) is 22.9. The third kappa shape index (κ3) is 3.87. The standard InChI is InChI=1S/C28H27N3O2/c1-19-10-13-23(17-20(19)2)29-28(32)31-18-22-7-4-5-8-25(22)30-16-6-9-26(30)27(31)21-11-14-24(33-3)15-12-21/h4-17,27H,18H2,1-3H3,(H,29,32)/t27-/m1/s1. The number of amides is 2. The molecule has 166 valence electrons. The maximum Gasteiger partial charge on any atom is 0.322 e. The highest BCUT2D eigenvalue weighted by molar-refractivity contribution is 5.90. The fraction of sp³-hybridized carbons (Fsp3) is 0.179. The van der Waals surface area contributed by atoms with E-state index in [4.69, 9.17) is 4.74 Å². The topological polar surface area (TPSA) is 46.5 Å². The number of aryl methyl sites for hydroxylation is 2. The number of urea groups is 1. The number of nitrogens with one attached hydrogen (secondary N) is 1. The molecular formula is C28H27N3O2. The van der Waals surface area contributed by atoms with Crippen LogP contribution in [0, 0.1) is 13.8 Å². The van der Waals surface area contributed by atoms with E-state index in [0.717, 1.165) is 39.5 Å². The summed E-state index contributed by atoms with van der Waals surface area (Å²) in [5.74, 6) is 0.789. The van der Waals surface area contributed by atoms with Gasteiger partial charge in [-0.15, -0.1) is 0 Å². The Labute approximate surface area is 194 Å². The second kappa shape index (κ2) is 8.51. The van der Waals surface area contributed by atoms with Crippen molar-refractivity contribution in [1.82, 2.24) is 9.47 Å². The normalized spacial score (nSPS) is 14.8. The van der Waals surface area contributed by atoms with Gasteiger partial charge in [0.15, 0.2) is 0 Å². The average molecular weight is 438 g/mol. The van der Waals surface area contributed by atoms with E-state index >= 15 is 0 Å². The molecule has 5 rings (SSSR count). The van der Waals surface area contributed by atoms with E-state index in [0.29, 0.717) is 6.54 Å². The zero-order valence-electron chi connectivity index (χ0n) is 19.1. The Morgan fingerprint density at radius 1 is 0.939 bits per heavy atom. The first-order chi connectivity index (χ1) is 16.0. The molecule has 5 heteroatoms. The average Bonchev–Trinajstić information content (AvgIpc) is 3.26. The fourth-order valence-electron chi connectivity index (χ4n) is 4.49. The molecule has 1 aromatic heterocycles. The largest absolute Gasteiger partial charge is 0.497 e. The molecular weight excluding hydrogens is 410 g/mol. The molecule has 3 aromatic carbocycles. The molecule has 0 fully saturated rings. The van der Waals surface area contributed by atoms with E-state index in [1.165, 1.54) is 5.56 Å². The minimum atomic E-state index is -0.259. The van der Waals surface area contributed by atoms with Crippen LogP contribution in [0.25, 0.3) is 5.69 Å². The molecule has 1 N–H and O–H groups in total. The van der Waals surface area contributed by atoms with Crippen molar-refractivity contribution in [3.8, 4) is 11.4 Å². The lowest BCUT2D eigenvalue weighted by Gasteiger charge is -2.31. The Balaban J connectivity index is 1.61. The van der Waals surface area contributed by atoms with Crippen LogP contribution in [0.1, 0.15) is 34.0 Å². The van der Waals surface area contributed by atoms with Gasteiger partial charge in [-0.05, 0) is 78.6 Å². The Bertz CT molecular complexity index is 1310. The van der Waals surface area contributed by atoms with Gasteiger partial charge in [0, 0.05) is 17.6 Å². The van der Waals surface area contributed by atoms with Crippen molar-refractivity contribution in [2.45, 2.75) is 26.4 Å². The Morgan fingerprint density at radius 3 is 2.48 bits per heavy atom. The lowest BCUT2D eigenvalue weighted by Crippen LogP contribution is -2.37. The summed E-state index contributed by atoms with van der Waals surface area (Å²) in [6.45, 7) is 4.62. The molecule has 33 heavy (non-hydrogen) atoms. The van der Waals surface area contributed by atoms with Crippen LogP contribution < -0.4 is 10.1 Å². The van der Waals surface area contributed by atoms with Gasteiger partial charge in [-0.2, -0.15) is 0 Å². The van der Waals surface area contributed by atoms with Gasteiger partial charge in [0.05, 0.1) is 25.4 Å². The number of carbonyl (C=O) groups excluding carboxylic acids is 1. The molecule has 0 radical (unpaired) electrons. The Kier molecular flexibility index (Phi) is 5.38. The molecule has 0 bridgehead atoms. The van der Waals surface area contributed by atoms with Gasteiger partial charge in [0.1, 0.15) is 5.75 Å². The lowest BCUT2D eigenvalue weighted by molar-refractivity contribution is 0.194. The van der Waals surface area contributed by atoms with E-state index in [1.807, 2.05) is 65.6 Å². The van der Waals surface area contributed by atoms with Crippen LogP contribution in [0.5, 0.6) is 5.75 Å². The third-order valence-corrected chi connectivity index (χ3v) is 6.41. The van der Waals surface area contributed by atoms with Crippen molar-refractivity contribution in [2.75, 3.05) is 12.4 Å². The summed E-state index contributed by atoms with van der Waals surface area (Å²) in [5, 5.41) is 3.14. The number of ether oxygens (including phenoxy) is 1. The second-order valence-corrected chi connectivity index (χ2v) is 8.46. The maximum atomic E-state index is 13.7. The van der Waals surface area contributed by atoms with Crippen molar-refractivity contribution < 1.29 is 9.53 Å². The number of hydrogen-bond acceptors (Lipinski definition) is 2. The SMILES string of the molecule is COc1ccc([C@@H]2c3cccn3-c3ccccc3CN2C(=O)Nc2ccc(C)c(C)c2)cc1. The van der Waals surface area contributed by atoms with Gasteiger partial charge >= 0.3 is 6.03 Å². The number of fused-ring (bicyclic) bond motifs is 3. The van der Waals surface area contributed by atoms with Crippen molar-refractivity contribution in [3.05, 3.63) is 113 Å². The Hall–Kier alpha value is -3.99. The number of para-hydroxylation sites is 1. The van der Waals surface area contributed by atoms with Crippen LogP contribution in [-0.4, -0.2) is 22.6 Å². The van der Waals surface area contributed by atoms with Crippen molar-refractivity contribution in [1.29, 1.82) is 0 Å². The number of anilines is 1. The summed E-state index contributed by atoms with van der Waals surface area (Å²) in [4.78, 5) is 15.7. The zero-order valence-corrected chi connectivity index (χ0v) is 19.1. The summed E-state index contributed by atoms with van der Waals surface area (Å²) < 4.78 is 7.55. The number of carbonyl (C=O) groups is 1. The highest BCUT2D eigenvalue weighted by Gasteiger charge is 2.33. The molecule has 0 spiro atoms. The summed E-state index contributed by atoms with van der Waals surface area (Å²) in [6, 6.07) is 26.0. The highest BCUT2D eigenvalue weighted by Crippen LogP contribution is 2.37. The van der Waals surface area contributed by atoms with E-state index in [1.54, 1.807) is 7.11 Å². The second-order valence-electron chi connectivity index (χ2n) is 8.46. The molecule has 0 saturated heterocycles. The van der Waals surface area contributed by atoms with Crippen LogP contribution in [0.3, 0.4) is 0 Å². The van der Waals surface area contributed by atoms with Gasteiger partial charge < -0.3 is 19.5 Å². The molecule has 1 aliphatic heterocycles. The van der Waals surface area contributed by atoms with Crippen LogP contribution in [0.2, 0.25) is 0 Å². The van der Waals surface area contributed by atoms with Crippen LogP contribution in [-0.2, 0) is 6.54 Å². The van der Waals surface area contributed by atoms with E-state index in [-0.39, 0.29) is 12.1 Å². The first-order valence-electron chi connectivity index (χ1n) is 11.1. The van der Waals surface area contributed by atoms with Crippen molar-refractivity contribution >= 4 is 11.7 Å². The molecule has 0 saturated carbocycles. The number of methoxy groups -OCH3 is 1. The smallest absolute Gasteiger partial charge is 0.322 e. The van der Waals surface area contributed by atoms with E-state index in [2.05, 4.69) is 48.1 Å². The highest BCUT2D eigenvalue weighted by atomic mass is 16.5. The fourth-order valence-corrected chi connectivity index (χ4v) is 4.49. The quantitative estimate of drug-likeness (QED) is 0.412. The number of benzene rings is 3. The number of hydrogen-bond donors (Lipinski definition) is 1. The first kappa shape index (κ1) is 20.9. The molecule has 5 nitrogen and oxygen atoms in total. The lowest BCUT2D eigenvalue weighted by atomic mass is 10.0. The molecule has 0 unspecified atom stereocenters. The summed E-state index contributed by atoms with van der Waals surface area (Å²) >= 11 is 0. The number of rotatable bonds is 3. The third-order valence-electron chi connectivity index (χ3n) is 6.41. The molecule has 1 atom stereocenters. The van der Waals surface area contributed by atoms with E-state index < -0.39 is 0 Å². The number of aromatic nitrogens is 1. The van der Waals surface area contributed by atoms with Crippen LogP contribution >= 0.6 is 0 Å². The predicted molar refractivity (Wildman–Crippen MR) is 131 cm³/mol. The molecule has 4 aromatic rings. The maximum absolute atomic E-state index is 13.7. The summed E-state index contributed by atoms with van der Waals surface area (Å²) in [7, 11) is 1.66. The summed E-state index contributed by atoms with van der Waals surface area (Å²) in [6.07, 6.45) is 2.06. The Morgan fingerprint density at radius 2 is 1.73 bits per heavy atom. The van der Waals surface area contributed by atoms with Gasteiger partial charge in [-0.25, -0.2) is 4.79 Å². The van der Waals surface area contributed by atoms with Crippen LogP contribution in [0.15, 0.2) is 85.1 Å². The monoisotopic (exact) mass is 437 g/mol. The molecule has 0 aliphatic carbocycles. The van der Waals surface area contributed by atoms with Gasteiger partial charge in [-0.3, -0.25) is 0 Å². The molecule has 2 heterocycles. The van der Waals surface area contributed by atoms with Gasteiger partial charge in [0.2, 0.25) is 0 Å². The summed E-state index contributed by atoms with van der Waals surface area (Å²) in [5.41, 5.74) is 7.41. The van der Waals surface area contributed by atoms with Gasteiger partial charge in [-0.1, -0.05) is 36.4 Å². The van der Waals surface area contributed by atoms with Crippen molar-refractivity contribution in [2.24, 2.45) is 0 Å². The molecule has 1 aliphatic rings.